The van der Waals surface area contributed by atoms with Crippen molar-refractivity contribution in [3.05, 3.63) is 83.4 Å². The molecule has 0 aliphatic carbocycles. The second-order valence-corrected chi connectivity index (χ2v) is 9.19. The number of nitrogens with zero attached hydrogens (tertiary/aromatic N) is 1. The highest BCUT2D eigenvalue weighted by Crippen LogP contribution is 2.30. The van der Waals surface area contributed by atoms with E-state index in [1.54, 1.807) is 38.1 Å². The Morgan fingerprint density at radius 3 is 2.23 bits per heavy atom. The zero-order chi connectivity index (χ0) is 21.9. The molecule has 1 amide bonds. The van der Waals surface area contributed by atoms with Gasteiger partial charge in [0.1, 0.15) is 5.75 Å². The summed E-state index contributed by atoms with van der Waals surface area (Å²) in [6.07, 6.45) is 0. The number of carbonyl (C=O) groups is 1. The molecule has 0 bridgehead atoms. The van der Waals surface area contributed by atoms with Crippen molar-refractivity contribution >= 4 is 21.6 Å². The van der Waals surface area contributed by atoms with Crippen molar-refractivity contribution in [2.24, 2.45) is 0 Å². The topological polar surface area (TPSA) is 75.7 Å². The number of ether oxygens (including phenoxy) is 1. The third kappa shape index (κ3) is 4.53. The Hall–Kier alpha value is -3.16. The summed E-state index contributed by atoms with van der Waals surface area (Å²) in [7, 11) is -0.747. The molecule has 0 aliphatic heterocycles. The first-order valence-corrected chi connectivity index (χ1v) is 10.8. The van der Waals surface area contributed by atoms with Crippen LogP contribution in [0.3, 0.4) is 0 Å². The Labute approximate surface area is 177 Å². The smallest absolute Gasteiger partial charge is 0.255 e. The first-order valence-electron chi connectivity index (χ1n) is 9.37. The summed E-state index contributed by atoms with van der Waals surface area (Å²) in [6.45, 7) is 3.52. The minimum absolute atomic E-state index is 0.117. The number of hydrogen-bond donors (Lipinski definition) is 1. The van der Waals surface area contributed by atoms with Crippen LogP contribution in [0.25, 0.3) is 0 Å². The van der Waals surface area contributed by atoms with E-state index in [0.29, 0.717) is 22.7 Å². The average molecular weight is 425 g/mol. The maximum Gasteiger partial charge on any atom is 0.255 e. The van der Waals surface area contributed by atoms with Gasteiger partial charge in [-0.15, -0.1) is 0 Å². The van der Waals surface area contributed by atoms with Crippen LogP contribution in [-0.2, 0) is 10.0 Å². The van der Waals surface area contributed by atoms with Gasteiger partial charge in [0.15, 0.2) is 5.75 Å². The Bertz CT molecular complexity index is 1170. The molecule has 3 rings (SSSR count). The molecule has 0 radical (unpaired) electrons. The molecule has 7 heteroatoms. The van der Waals surface area contributed by atoms with Gasteiger partial charge in [0, 0.05) is 19.7 Å². The number of benzene rings is 3. The number of aryl methyl sites for hydroxylation is 1. The van der Waals surface area contributed by atoms with Crippen LogP contribution in [-0.4, -0.2) is 32.7 Å². The zero-order valence-corrected chi connectivity index (χ0v) is 18.2. The van der Waals surface area contributed by atoms with Crippen LogP contribution in [0, 0.1) is 13.8 Å². The second kappa shape index (κ2) is 8.69. The van der Waals surface area contributed by atoms with E-state index in [1.807, 2.05) is 36.4 Å². The fourth-order valence-corrected chi connectivity index (χ4v) is 4.11. The Morgan fingerprint density at radius 2 is 1.57 bits per heavy atom. The Balaban J connectivity index is 1.93. The standard InChI is InChI=1S/C23H24N2O4S/c1-16-14-18(15-22(17(16)2)30(27,28)25(3)4)23(26)24-20-12-8-9-13-21(20)29-19-10-6-5-7-11-19/h5-15H,1-4H3,(H,24,26). The van der Waals surface area contributed by atoms with Crippen LogP contribution < -0.4 is 10.1 Å². The molecular weight excluding hydrogens is 400 g/mol. The molecule has 0 aromatic heterocycles. The average Bonchev–Trinajstić information content (AvgIpc) is 2.71. The van der Waals surface area contributed by atoms with E-state index in [2.05, 4.69) is 5.32 Å². The summed E-state index contributed by atoms with van der Waals surface area (Å²) in [6, 6.07) is 19.4. The highest BCUT2D eigenvalue weighted by Gasteiger charge is 2.23. The minimum Gasteiger partial charge on any atom is -0.455 e. The van der Waals surface area contributed by atoms with Gasteiger partial charge in [0.05, 0.1) is 10.6 Å². The van der Waals surface area contributed by atoms with Crippen molar-refractivity contribution in [2.45, 2.75) is 18.7 Å². The molecule has 30 heavy (non-hydrogen) atoms. The number of rotatable bonds is 6. The lowest BCUT2D eigenvalue weighted by Crippen LogP contribution is -2.24. The number of amides is 1. The third-order valence-electron chi connectivity index (χ3n) is 4.75. The van der Waals surface area contributed by atoms with Crippen molar-refractivity contribution in [2.75, 3.05) is 19.4 Å². The summed E-state index contributed by atoms with van der Waals surface area (Å²) in [5, 5.41) is 2.83. The molecule has 156 valence electrons. The van der Waals surface area contributed by atoms with Gasteiger partial charge >= 0.3 is 0 Å². The number of nitrogens with one attached hydrogen (secondary N) is 1. The molecular formula is C23H24N2O4S. The number of sulfonamides is 1. The maximum atomic E-state index is 13.0. The SMILES string of the molecule is Cc1cc(C(=O)Nc2ccccc2Oc2ccccc2)cc(S(=O)(=O)N(C)C)c1C. The largest absolute Gasteiger partial charge is 0.455 e. The van der Waals surface area contributed by atoms with Crippen LogP contribution in [0.5, 0.6) is 11.5 Å². The van der Waals surface area contributed by atoms with Gasteiger partial charge in [-0.1, -0.05) is 30.3 Å². The van der Waals surface area contributed by atoms with E-state index in [1.165, 1.54) is 20.2 Å². The molecule has 0 fully saturated rings. The monoisotopic (exact) mass is 424 g/mol. The van der Waals surface area contributed by atoms with Gasteiger partial charge in [-0.25, -0.2) is 12.7 Å². The molecule has 0 spiro atoms. The first-order chi connectivity index (χ1) is 14.2. The lowest BCUT2D eigenvalue weighted by atomic mass is 10.1. The fourth-order valence-electron chi connectivity index (χ4n) is 2.89. The Morgan fingerprint density at radius 1 is 0.933 bits per heavy atom. The van der Waals surface area contributed by atoms with Gasteiger partial charge < -0.3 is 10.1 Å². The van der Waals surface area contributed by atoms with Crippen LogP contribution >= 0.6 is 0 Å². The zero-order valence-electron chi connectivity index (χ0n) is 17.3. The molecule has 0 heterocycles. The van der Waals surface area contributed by atoms with Crippen LogP contribution in [0.1, 0.15) is 21.5 Å². The summed E-state index contributed by atoms with van der Waals surface area (Å²) in [5.74, 6) is 0.712. The highest BCUT2D eigenvalue weighted by molar-refractivity contribution is 7.89. The lowest BCUT2D eigenvalue weighted by Gasteiger charge is -2.17. The second-order valence-electron chi connectivity index (χ2n) is 7.07. The maximum absolute atomic E-state index is 13.0. The number of hydrogen-bond acceptors (Lipinski definition) is 4. The van der Waals surface area contributed by atoms with Crippen molar-refractivity contribution in [3.63, 3.8) is 0 Å². The van der Waals surface area contributed by atoms with E-state index in [0.717, 1.165) is 9.87 Å². The number of carbonyl (C=O) groups excluding carboxylic acids is 1. The van der Waals surface area contributed by atoms with Crippen molar-refractivity contribution in [1.82, 2.24) is 4.31 Å². The van der Waals surface area contributed by atoms with Crippen molar-refractivity contribution in [1.29, 1.82) is 0 Å². The van der Waals surface area contributed by atoms with E-state index in [4.69, 9.17) is 4.74 Å². The number of para-hydroxylation sites is 3. The summed E-state index contributed by atoms with van der Waals surface area (Å²) in [4.78, 5) is 13.1. The molecule has 3 aromatic carbocycles. The number of anilines is 1. The van der Waals surface area contributed by atoms with Crippen molar-refractivity contribution in [3.8, 4) is 11.5 Å². The van der Waals surface area contributed by atoms with Gasteiger partial charge in [-0.2, -0.15) is 0 Å². The van der Waals surface area contributed by atoms with Gasteiger partial charge in [0.25, 0.3) is 5.91 Å². The summed E-state index contributed by atoms with van der Waals surface area (Å²) >= 11 is 0. The molecule has 6 nitrogen and oxygen atoms in total. The predicted octanol–water partition coefficient (Wildman–Crippen LogP) is 4.60. The summed E-state index contributed by atoms with van der Waals surface area (Å²) in [5.41, 5.74) is 2.08. The molecule has 0 unspecified atom stereocenters. The fraction of sp³-hybridized carbons (Fsp3) is 0.174. The first kappa shape index (κ1) is 21.5. The quantitative estimate of drug-likeness (QED) is 0.628. The van der Waals surface area contributed by atoms with E-state index in [-0.39, 0.29) is 10.5 Å². The molecule has 0 saturated heterocycles. The third-order valence-corrected chi connectivity index (χ3v) is 6.69. The molecule has 1 N–H and O–H groups in total. The van der Waals surface area contributed by atoms with E-state index < -0.39 is 15.9 Å². The predicted molar refractivity (Wildman–Crippen MR) is 118 cm³/mol. The van der Waals surface area contributed by atoms with E-state index in [9.17, 15) is 13.2 Å². The summed E-state index contributed by atoms with van der Waals surface area (Å²) < 4.78 is 32.4. The lowest BCUT2D eigenvalue weighted by molar-refractivity contribution is 0.102. The normalized spacial score (nSPS) is 11.4. The Kier molecular flexibility index (Phi) is 6.24. The molecule has 0 atom stereocenters. The van der Waals surface area contributed by atoms with Crippen LogP contribution in [0.4, 0.5) is 5.69 Å². The molecule has 0 saturated carbocycles. The minimum atomic E-state index is -3.68. The van der Waals surface area contributed by atoms with Gasteiger partial charge in [0.2, 0.25) is 10.0 Å². The van der Waals surface area contributed by atoms with E-state index >= 15 is 0 Å². The highest BCUT2D eigenvalue weighted by atomic mass is 32.2. The molecule has 3 aromatic rings. The van der Waals surface area contributed by atoms with Crippen LogP contribution in [0.15, 0.2) is 71.6 Å². The van der Waals surface area contributed by atoms with Crippen LogP contribution in [0.2, 0.25) is 0 Å². The van der Waals surface area contributed by atoms with Gasteiger partial charge in [-0.3, -0.25) is 4.79 Å². The van der Waals surface area contributed by atoms with Crippen molar-refractivity contribution < 1.29 is 17.9 Å². The molecule has 0 aliphatic rings. The van der Waals surface area contributed by atoms with Gasteiger partial charge in [-0.05, 0) is 61.4 Å².